The molecular weight excluding hydrogens is 535 g/mol. The molecule has 0 aromatic heterocycles. The molecule has 2 unspecified atom stereocenters. The summed E-state index contributed by atoms with van der Waals surface area (Å²) >= 11 is 0. The second kappa shape index (κ2) is 13.5. The molecule has 0 saturated heterocycles. The Morgan fingerprint density at radius 3 is 1.90 bits per heavy atom. The number of hydrogen-bond acceptors (Lipinski definition) is 4. The Hall–Kier alpha value is -3.80. The molecule has 2 aromatic carbocycles. The van der Waals surface area contributed by atoms with Gasteiger partial charge in [-0.3, -0.25) is 14.4 Å². The first-order valence-corrected chi connectivity index (χ1v) is 12.3. The van der Waals surface area contributed by atoms with Crippen LogP contribution in [0.1, 0.15) is 31.4 Å². The lowest BCUT2D eigenvalue weighted by molar-refractivity contribution is -0.146. The fourth-order valence-electron chi connectivity index (χ4n) is 3.95. The van der Waals surface area contributed by atoms with Gasteiger partial charge in [-0.1, -0.05) is 36.4 Å². The van der Waals surface area contributed by atoms with Gasteiger partial charge in [0.25, 0.3) is 0 Å². The van der Waals surface area contributed by atoms with Crippen LogP contribution in [0.4, 0.5) is 22.0 Å². The molecule has 0 spiro atoms. The Morgan fingerprint density at radius 2 is 1.40 bits per heavy atom. The van der Waals surface area contributed by atoms with Crippen LogP contribution in [0.25, 0.3) is 0 Å². The lowest BCUT2D eigenvalue weighted by Gasteiger charge is -2.34. The van der Waals surface area contributed by atoms with Crippen LogP contribution >= 0.6 is 0 Å². The molecule has 0 radical (unpaired) electrons. The van der Waals surface area contributed by atoms with Crippen molar-refractivity contribution >= 4 is 17.7 Å². The molecule has 3 N–H and O–H groups in total. The van der Waals surface area contributed by atoms with Crippen molar-refractivity contribution in [2.75, 3.05) is 21.1 Å². The van der Waals surface area contributed by atoms with Crippen LogP contribution in [0, 0.1) is 29.1 Å². The molecule has 0 fully saturated rings. The van der Waals surface area contributed by atoms with Crippen LogP contribution in [0.2, 0.25) is 0 Å². The molecule has 218 valence electrons. The summed E-state index contributed by atoms with van der Waals surface area (Å²) < 4.78 is 70.8. The van der Waals surface area contributed by atoms with Crippen molar-refractivity contribution < 1.29 is 36.3 Å². The molecule has 0 bridgehead atoms. The number of likely N-dealkylation sites (N-methyl/N-ethyl adjacent to an activating group) is 3. The van der Waals surface area contributed by atoms with Gasteiger partial charge in [0.05, 0.1) is 0 Å². The quantitative estimate of drug-likeness (QED) is 0.188. The topological polar surface area (TPSA) is 95.7 Å². The summed E-state index contributed by atoms with van der Waals surface area (Å²) in [4.78, 5) is 41.2. The summed E-state index contributed by atoms with van der Waals surface area (Å²) in [6.45, 7) is 3.42. The molecule has 7 nitrogen and oxygen atoms in total. The minimum Gasteiger partial charge on any atom is -0.357 e. The largest absolute Gasteiger partial charge is 0.357 e. The third-order valence-electron chi connectivity index (χ3n) is 6.34. The predicted molar refractivity (Wildman–Crippen MR) is 139 cm³/mol. The molecule has 0 saturated carbocycles. The molecule has 2 atom stereocenters. The van der Waals surface area contributed by atoms with E-state index in [2.05, 4.69) is 5.32 Å². The van der Waals surface area contributed by atoms with Crippen LogP contribution in [0.15, 0.2) is 42.5 Å². The molecule has 0 aliphatic carbocycles. The highest BCUT2D eigenvalue weighted by atomic mass is 19.2. The standard InChI is InChI=1S/C28H33F5N4O3/c1-28(2,34)13-9-12-20(38)36(4)19(15-17-21(29)23(31)25(33)24(32)22(17)30)27(40)37(5)18(26(39)35-3)14-16-10-7-6-8-11-16/h6-12,18-19H,13-15,34H2,1-5H3,(H,35,39)/b12-9+. The molecule has 3 amide bonds. The van der Waals surface area contributed by atoms with Crippen molar-refractivity contribution in [1.29, 1.82) is 0 Å². The first-order chi connectivity index (χ1) is 18.6. The number of nitrogens with one attached hydrogen (secondary N) is 1. The Morgan fingerprint density at radius 1 is 0.875 bits per heavy atom. The summed E-state index contributed by atoms with van der Waals surface area (Å²) in [6, 6.07) is 5.78. The fraction of sp³-hybridized carbons (Fsp3) is 0.393. The Kier molecular flexibility index (Phi) is 10.9. The van der Waals surface area contributed by atoms with Gasteiger partial charge in [0.1, 0.15) is 12.1 Å². The number of amides is 3. The number of hydrogen-bond donors (Lipinski definition) is 2. The highest BCUT2D eigenvalue weighted by Gasteiger charge is 2.37. The van der Waals surface area contributed by atoms with Gasteiger partial charge in [-0.05, 0) is 31.9 Å². The molecule has 12 heteroatoms. The number of rotatable bonds is 11. The number of nitrogens with zero attached hydrogens (tertiary/aromatic N) is 2. The van der Waals surface area contributed by atoms with Gasteiger partial charge in [-0.2, -0.15) is 0 Å². The third-order valence-corrected chi connectivity index (χ3v) is 6.34. The molecular formula is C28H33F5N4O3. The Labute approximate surface area is 229 Å². The van der Waals surface area contributed by atoms with Crippen molar-refractivity contribution in [1.82, 2.24) is 15.1 Å². The normalized spacial score (nSPS) is 13.2. The number of carbonyl (C=O) groups is 3. The van der Waals surface area contributed by atoms with Crippen LogP contribution in [0.3, 0.4) is 0 Å². The lowest BCUT2D eigenvalue weighted by Crippen LogP contribution is -2.55. The fourth-order valence-corrected chi connectivity index (χ4v) is 3.95. The van der Waals surface area contributed by atoms with E-state index in [4.69, 9.17) is 5.73 Å². The van der Waals surface area contributed by atoms with Crippen molar-refractivity contribution in [3.63, 3.8) is 0 Å². The van der Waals surface area contributed by atoms with E-state index >= 15 is 0 Å². The van der Waals surface area contributed by atoms with E-state index in [0.717, 1.165) is 22.9 Å². The third kappa shape index (κ3) is 7.87. The maximum Gasteiger partial charge on any atom is 0.246 e. The SMILES string of the molecule is CNC(=O)C(Cc1ccccc1)N(C)C(=O)C(Cc1c(F)c(F)c(F)c(F)c1F)N(C)C(=O)/C=C/CC(C)(C)N. The van der Waals surface area contributed by atoms with Gasteiger partial charge < -0.3 is 20.9 Å². The van der Waals surface area contributed by atoms with Crippen molar-refractivity contribution in [2.24, 2.45) is 5.73 Å². The van der Waals surface area contributed by atoms with Gasteiger partial charge in [-0.15, -0.1) is 0 Å². The molecule has 2 rings (SSSR count). The number of halogens is 5. The minimum absolute atomic E-state index is 0.0428. The summed E-state index contributed by atoms with van der Waals surface area (Å²) in [5.41, 5.74) is 4.65. The minimum atomic E-state index is -2.35. The molecule has 2 aromatic rings. The zero-order chi connectivity index (χ0) is 30.4. The second-order valence-corrected chi connectivity index (χ2v) is 10.1. The first kappa shape index (κ1) is 32.4. The van der Waals surface area contributed by atoms with Crippen molar-refractivity contribution in [3.8, 4) is 0 Å². The maximum absolute atomic E-state index is 14.6. The van der Waals surface area contributed by atoms with Gasteiger partial charge in [0, 0.05) is 45.1 Å². The summed E-state index contributed by atoms with van der Waals surface area (Å²) in [5.74, 6) is -13.3. The van der Waals surface area contributed by atoms with E-state index < -0.39 is 76.4 Å². The van der Waals surface area contributed by atoms with Crippen molar-refractivity contribution in [2.45, 2.75) is 50.7 Å². The van der Waals surface area contributed by atoms with Gasteiger partial charge in [0.15, 0.2) is 23.3 Å². The molecule has 0 aliphatic rings. The lowest BCUT2D eigenvalue weighted by atomic mass is 9.99. The zero-order valence-corrected chi connectivity index (χ0v) is 22.9. The van der Waals surface area contributed by atoms with E-state index in [1.165, 1.54) is 20.2 Å². The van der Waals surface area contributed by atoms with Crippen LogP contribution in [-0.4, -0.2) is 66.3 Å². The second-order valence-electron chi connectivity index (χ2n) is 10.1. The average molecular weight is 569 g/mol. The van der Waals surface area contributed by atoms with Crippen LogP contribution in [0.5, 0.6) is 0 Å². The van der Waals surface area contributed by atoms with E-state index in [0.29, 0.717) is 5.56 Å². The monoisotopic (exact) mass is 568 g/mol. The smallest absolute Gasteiger partial charge is 0.246 e. The molecule has 0 heterocycles. The van der Waals surface area contributed by atoms with Gasteiger partial charge in [-0.25, -0.2) is 22.0 Å². The summed E-state index contributed by atoms with van der Waals surface area (Å²) in [6.07, 6.45) is 1.78. The number of carbonyl (C=O) groups excluding carboxylic acids is 3. The van der Waals surface area contributed by atoms with Crippen LogP contribution < -0.4 is 11.1 Å². The number of benzene rings is 2. The van der Waals surface area contributed by atoms with E-state index in [-0.39, 0.29) is 12.8 Å². The predicted octanol–water partition coefficient (Wildman–Crippen LogP) is 3.25. The zero-order valence-electron chi connectivity index (χ0n) is 22.9. The van der Waals surface area contributed by atoms with Gasteiger partial charge >= 0.3 is 0 Å². The Balaban J connectivity index is 2.54. The molecule has 40 heavy (non-hydrogen) atoms. The van der Waals surface area contributed by atoms with Crippen LogP contribution in [-0.2, 0) is 27.2 Å². The highest BCUT2D eigenvalue weighted by molar-refractivity contribution is 5.95. The summed E-state index contributed by atoms with van der Waals surface area (Å²) in [7, 11) is 3.75. The van der Waals surface area contributed by atoms with Crippen molar-refractivity contribution in [3.05, 3.63) is 82.7 Å². The summed E-state index contributed by atoms with van der Waals surface area (Å²) in [5, 5.41) is 2.45. The van der Waals surface area contributed by atoms with E-state index in [9.17, 15) is 36.3 Å². The van der Waals surface area contributed by atoms with E-state index in [1.54, 1.807) is 44.2 Å². The molecule has 0 aliphatic heterocycles. The van der Waals surface area contributed by atoms with E-state index in [1.807, 2.05) is 0 Å². The number of nitrogens with two attached hydrogens (primary N) is 1. The highest BCUT2D eigenvalue weighted by Crippen LogP contribution is 2.26. The maximum atomic E-state index is 14.6. The van der Waals surface area contributed by atoms with Gasteiger partial charge in [0.2, 0.25) is 23.5 Å². The average Bonchev–Trinajstić information content (AvgIpc) is 2.92. The first-order valence-electron chi connectivity index (χ1n) is 12.3. The Bertz CT molecular complexity index is 1240.